The van der Waals surface area contributed by atoms with Gasteiger partial charge in [-0.1, -0.05) is 0 Å². The molecule has 3 aromatic carbocycles. The van der Waals surface area contributed by atoms with Gasteiger partial charge in [0.15, 0.2) is 17.2 Å². The zero-order chi connectivity index (χ0) is 27.3. The van der Waals surface area contributed by atoms with Crippen molar-refractivity contribution in [3.05, 3.63) is 71.3 Å². The summed E-state index contributed by atoms with van der Waals surface area (Å²) in [7, 11) is 1.53. The lowest BCUT2D eigenvalue weighted by Gasteiger charge is -2.41. The summed E-state index contributed by atoms with van der Waals surface area (Å²) >= 11 is 0. The van der Waals surface area contributed by atoms with Crippen molar-refractivity contribution in [2.45, 2.75) is 19.1 Å². The molecule has 3 heterocycles. The van der Waals surface area contributed by atoms with Crippen LogP contribution in [0.15, 0.2) is 59.6 Å². The Kier molecular flexibility index (Phi) is 6.00. The molecule has 1 atom stereocenters. The lowest BCUT2D eigenvalue weighted by molar-refractivity contribution is -0.137. The van der Waals surface area contributed by atoms with Crippen molar-refractivity contribution in [3.8, 4) is 28.7 Å². The third-order valence-electron chi connectivity index (χ3n) is 6.97. The summed E-state index contributed by atoms with van der Waals surface area (Å²) in [5.74, 6) is 2.65. The molecule has 39 heavy (non-hydrogen) atoms. The number of piperazine rings is 1. The van der Waals surface area contributed by atoms with Crippen LogP contribution >= 0.6 is 0 Å². The van der Waals surface area contributed by atoms with Gasteiger partial charge in [-0.15, -0.1) is 0 Å². The Balaban J connectivity index is 1.33. The van der Waals surface area contributed by atoms with E-state index in [4.69, 9.17) is 18.9 Å². The SMILES string of the molecule is COc1ccc2c(c1)C(N1CCN(C(=O)c3ccc4c(c3)OCO4)[C@H](C)C1)=Nc1cc(C(F)(F)F)ccc1O2. The van der Waals surface area contributed by atoms with Gasteiger partial charge in [-0.25, -0.2) is 4.99 Å². The number of fused-ring (bicyclic) bond motifs is 3. The highest BCUT2D eigenvalue weighted by Crippen LogP contribution is 2.43. The number of ether oxygens (including phenoxy) is 4. The van der Waals surface area contributed by atoms with Crippen molar-refractivity contribution >= 4 is 17.4 Å². The van der Waals surface area contributed by atoms with E-state index in [2.05, 4.69) is 4.99 Å². The molecular formula is C28H24F3N3O5. The Morgan fingerprint density at radius 3 is 2.51 bits per heavy atom. The molecule has 0 radical (unpaired) electrons. The van der Waals surface area contributed by atoms with Crippen LogP contribution in [0.4, 0.5) is 18.9 Å². The molecule has 0 N–H and O–H groups in total. The van der Waals surface area contributed by atoms with Crippen LogP contribution in [-0.4, -0.2) is 61.1 Å². The van der Waals surface area contributed by atoms with Gasteiger partial charge in [0.25, 0.3) is 5.91 Å². The maximum atomic E-state index is 13.5. The summed E-state index contributed by atoms with van der Waals surface area (Å²) in [6.07, 6.45) is -4.53. The third kappa shape index (κ3) is 4.58. The molecular weight excluding hydrogens is 515 g/mol. The number of halogens is 3. The number of hydrogen-bond acceptors (Lipinski definition) is 7. The minimum Gasteiger partial charge on any atom is -0.497 e. The highest BCUT2D eigenvalue weighted by atomic mass is 19.4. The predicted octanol–water partition coefficient (Wildman–Crippen LogP) is 5.47. The van der Waals surface area contributed by atoms with Crippen LogP contribution in [0.2, 0.25) is 0 Å². The van der Waals surface area contributed by atoms with Crippen LogP contribution in [0.3, 0.4) is 0 Å². The molecule has 3 aromatic rings. The molecule has 0 aromatic heterocycles. The molecule has 0 unspecified atom stereocenters. The zero-order valence-corrected chi connectivity index (χ0v) is 21.1. The molecule has 8 nitrogen and oxygen atoms in total. The van der Waals surface area contributed by atoms with E-state index in [0.29, 0.717) is 59.6 Å². The maximum absolute atomic E-state index is 13.5. The highest BCUT2D eigenvalue weighted by Gasteiger charge is 2.35. The van der Waals surface area contributed by atoms with E-state index in [1.165, 1.54) is 13.2 Å². The number of amides is 1. The summed E-state index contributed by atoms with van der Waals surface area (Å²) < 4.78 is 62.6. The van der Waals surface area contributed by atoms with Crippen molar-refractivity contribution in [3.63, 3.8) is 0 Å². The predicted molar refractivity (Wildman–Crippen MR) is 135 cm³/mol. The second-order valence-corrected chi connectivity index (χ2v) is 9.44. The molecule has 3 aliphatic heterocycles. The van der Waals surface area contributed by atoms with Crippen molar-refractivity contribution in [2.24, 2.45) is 4.99 Å². The van der Waals surface area contributed by atoms with Gasteiger partial charge in [-0.2, -0.15) is 13.2 Å². The van der Waals surface area contributed by atoms with E-state index < -0.39 is 11.7 Å². The van der Waals surface area contributed by atoms with Crippen molar-refractivity contribution < 1.29 is 36.9 Å². The number of carbonyl (C=O) groups excluding carboxylic acids is 1. The average Bonchev–Trinajstić information content (AvgIpc) is 3.33. The zero-order valence-electron chi connectivity index (χ0n) is 21.1. The second-order valence-electron chi connectivity index (χ2n) is 9.44. The molecule has 0 saturated carbocycles. The molecule has 1 saturated heterocycles. The van der Waals surface area contributed by atoms with Gasteiger partial charge < -0.3 is 28.7 Å². The number of nitrogens with zero attached hydrogens (tertiary/aromatic N) is 3. The summed E-state index contributed by atoms with van der Waals surface area (Å²) in [6.45, 7) is 3.23. The van der Waals surface area contributed by atoms with Crippen LogP contribution < -0.4 is 18.9 Å². The molecule has 0 spiro atoms. The molecule has 0 aliphatic carbocycles. The standard InChI is InChI=1S/C28H24F3N3O5/c1-16-14-33(9-10-34(16)27(35)17-3-6-24-25(11-17)38-15-37-24)26-20-13-19(36-2)5-8-22(20)39-23-7-4-18(28(29,30)31)12-21(23)32-26/h3-8,11-13,16H,9-10,14-15H2,1-2H3/t16-/m1/s1. The normalized spacial score (nSPS) is 18.0. The van der Waals surface area contributed by atoms with E-state index in [1.807, 2.05) is 11.8 Å². The second kappa shape index (κ2) is 9.40. The number of aliphatic imine (C=N–C) groups is 1. The van der Waals surface area contributed by atoms with Crippen LogP contribution in [0.5, 0.6) is 28.7 Å². The van der Waals surface area contributed by atoms with Gasteiger partial charge in [-0.05, 0) is 61.5 Å². The van der Waals surface area contributed by atoms with Crippen molar-refractivity contribution in [2.75, 3.05) is 33.5 Å². The van der Waals surface area contributed by atoms with Crippen LogP contribution in [0.1, 0.15) is 28.4 Å². The van der Waals surface area contributed by atoms with Crippen LogP contribution in [0.25, 0.3) is 0 Å². The number of alkyl halides is 3. The third-order valence-corrected chi connectivity index (χ3v) is 6.97. The topological polar surface area (TPSA) is 72.8 Å². The molecule has 1 amide bonds. The van der Waals surface area contributed by atoms with Gasteiger partial charge in [-0.3, -0.25) is 4.79 Å². The van der Waals surface area contributed by atoms with E-state index in [-0.39, 0.29) is 30.2 Å². The number of hydrogen-bond donors (Lipinski definition) is 0. The Morgan fingerprint density at radius 1 is 0.974 bits per heavy atom. The largest absolute Gasteiger partial charge is 0.497 e. The maximum Gasteiger partial charge on any atom is 0.416 e. The molecule has 202 valence electrons. The summed E-state index contributed by atoms with van der Waals surface area (Å²) in [6, 6.07) is 13.3. The molecule has 3 aliphatic rings. The number of amidine groups is 1. The fourth-order valence-electron chi connectivity index (χ4n) is 4.95. The van der Waals surface area contributed by atoms with Gasteiger partial charge in [0, 0.05) is 31.2 Å². The summed E-state index contributed by atoms with van der Waals surface area (Å²) in [5, 5.41) is 0. The van der Waals surface area contributed by atoms with Crippen LogP contribution in [0, 0.1) is 0 Å². The van der Waals surface area contributed by atoms with Crippen molar-refractivity contribution in [1.29, 1.82) is 0 Å². The highest BCUT2D eigenvalue weighted by molar-refractivity contribution is 6.04. The van der Waals surface area contributed by atoms with E-state index in [9.17, 15) is 18.0 Å². The van der Waals surface area contributed by atoms with Crippen LogP contribution in [-0.2, 0) is 6.18 Å². The monoisotopic (exact) mass is 539 g/mol. The van der Waals surface area contributed by atoms with Gasteiger partial charge in [0.2, 0.25) is 6.79 Å². The smallest absolute Gasteiger partial charge is 0.416 e. The lowest BCUT2D eigenvalue weighted by atomic mass is 10.1. The van der Waals surface area contributed by atoms with E-state index in [0.717, 1.165) is 12.1 Å². The fourth-order valence-corrected chi connectivity index (χ4v) is 4.95. The van der Waals surface area contributed by atoms with Crippen molar-refractivity contribution in [1.82, 2.24) is 9.80 Å². The fraction of sp³-hybridized carbons (Fsp3) is 0.286. The number of benzene rings is 3. The number of carbonyl (C=O) groups is 1. The first-order valence-corrected chi connectivity index (χ1v) is 12.3. The first-order chi connectivity index (χ1) is 18.7. The minimum absolute atomic E-state index is 0.0708. The average molecular weight is 540 g/mol. The Bertz CT molecular complexity index is 1490. The van der Waals surface area contributed by atoms with Gasteiger partial charge >= 0.3 is 6.18 Å². The van der Waals surface area contributed by atoms with Gasteiger partial charge in [0.1, 0.15) is 23.0 Å². The number of rotatable bonds is 2. The van der Waals surface area contributed by atoms with Gasteiger partial charge in [0.05, 0.1) is 18.2 Å². The van der Waals surface area contributed by atoms with E-state index >= 15 is 0 Å². The minimum atomic E-state index is -4.53. The number of methoxy groups -OCH3 is 1. The molecule has 1 fully saturated rings. The lowest BCUT2D eigenvalue weighted by Crippen LogP contribution is -2.55. The quantitative estimate of drug-likeness (QED) is 0.430. The first-order valence-electron chi connectivity index (χ1n) is 12.3. The summed E-state index contributed by atoms with van der Waals surface area (Å²) in [4.78, 5) is 21.8. The molecule has 11 heteroatoms. The Labute approximate surface area is 222 Å². The first kappa shape index (κ1) is 24.9. The Hall–Kier alpha value is -4.41. The Morgan fingerprint density at radius 2 is 1.74 bits per heavy atom. The summed E-state index contributed by atoms with van der Waals surface area (Å²) in [5.41, 5.74) is 0.329. The van der Waals surface area contributed by atoms with E-state index in [1.54, 1.807) is 41.3 Å². The molecule has 0 bridgehead atoms. The molecule has 6 rings (SSSR count).